The Labute approximate surface area is 169 Å². The molecule has 28 heavy (non-hydrogen) atoms. The predicted molar refractivity (Wildman–Crippen MR) is 110 cm³/mol. The smallest absolute Gasteiger partial charge is 0.236 e. The monoisotopic (exact) mass is 412 g/mol. The van der Waals surface area contributed by atoms with E-state index >= 15 is 0 Å². The molecule has 0 radical (unpaired) electrons. The molecule has 4 rings (SSSR count). The van der Waals surface area contributed by atoms with E-state index in [0.29, 0.717) is 22.6 Å². The number of benzene rings is 2. The summed E-state index contributed by atoms with van der Waals surface area (Å²) in [7, 11) is 0. The minimum absolute atomic E-state index is 0.120. The molecule has 0 bridgehead atoms. The van der Waals surface area contributed by atoms with Crippen LogP contribution in [0.25, 0.3) is 10.2 Å². The third kappa shape index (κ3) is 4.68. The number of para-hydroxylation sites is 1. The van der Waals surface area contributed by atoms with Gasteiger partial charge in [0.05, 0.1) is 21.7 Å². The second-order valence-electron chi connectivity index (χ2n) is 5.83. The van der Waals surface area contributed by atoms with Crippen LogP contribution in [-0.2, 0) is 10.5 Å². The second kappa shape index (κ2) is 8.41. The van der Waals surface area contributed by atoms with Crippen molar-refractivity contribution in [2.24, 2.45) is 0 Å². The highest BCUT2D eigenvalue weighted by molar-refractivity contribution is 7.99. The molecule has 2 aromatic heterocycles. The number of thiazole rings is 1. The lowest BCUT2D eigenvalue weighted by molar-refractivity contribution is -0.113. The first-order valence-corrected chi connectivity index (χ1v) is 10.4. The van der Waals surface area contributed by atoms with Crippen LogP contribution >= 0.6 is 23.1 Å². The highest BCUT2D eigenvalue weighted by atomic mass is 32.2. The number of carbonyl (C=O) groups is 1. The van der Waals surface area contributed by atoms with Gasteiger partial charge in [0.2, 0.25) is 11.8 Å². The summed E-state index contributed by atoms with van der Waals surface area (Å²) in [5.41, 5.74) is 0.815. The lowest BCUT2D eigenvalue weighted by Gasteiger charge is -2.04. The molecule has 4 aromatic rings. The topological polar surface area (TPSA) is 90.1 Å². The first kappa shape index (κ1) is 18.5. The molecule has 0 atom stereocenters. The van der Waals surface area contributed by atoms with Crippen molar-refractivity contribution in [3.05, 3.63) is 60.2 Å². The van der Waals surface area contributed by atoms with Crippen LogP contribution in [0, 0.1) is 6.92 Å². The SMILES string of the molecule is Cc1nc(CSCC(=O)Nc2nc3ccc(Oc4ccccc4)cc3s2)no1. The molecule has 142 valence electrons. The van der Waals surface area contributed by atoms with E-state index in [1.165, 1.54) is 23.1 Å². The number of hydrogen-bond acceptors (Lipinski definition) is 8. The van der Waals surface area contributed by atoms with Gasteiger partial charge in [-0.15, -0.1) is 11.8 Å². The van der Waals surface area contributed by atoms with Crippen LogP contribution in [0.3, 0.4) is 0 Å². The van der Waals surface area contributed by atoms with E-state index in [4.69, 9.17) is 9.26 Å². The van der Waals surface area contributed by atoms with Gasteiger partial charge in [-0.25, -0.2) is 4.98 Å². The fourth-order valence-corrected chi connectivity index (χ4v) is 4.01. The van der Waals surface area contributed by atoms with Crippen LogP contribution in [0.4, 0.5) is 5.13 Å². The highest BCUT2D eigenvalue weighted by Gasteiger charge is 2.10. The van der Waals surface area contributed by atoms with Gasteiger partial charge < -0.3 is 14.6 Å². The maximum Gasteiger partial charge on any atom is 0.236 e. The van der Waals surface area contributed by atoms with E-state index in [2.05, 4.69) is 20.4 Å². The molecule has 0 aliphatic carbocycles. The largest absolute Gasteiger partial charge is 0.457 e. The number of hydrogen-bond donors (Lipinski definition) is 1. The lowest BCUT2D eigenvalue weighted by atomic mass is 10.3. The Morgan fingerprint density at radius 1 is 1.18 bits per heavy atom. The molecule has 0 unspecified atom stereocenters. The van der Waals surface area contributed by atoms with Gasteiger partial charge in [-0.05, 0) is 24.3 Å². The van der Waals surface area contributed by atoms with Crippen LogP contribution in [0.1, 0.15) is 11.7 Å². The molecular weight excluding hydrogens is 396 g/mol. The van der Waals surface area contributed by atoms with Crippen LogP contribution in [0.2, 0.25) is 0 Å². The molecule has 0 saturated carbocycles. The third-order valence-corrected chi connectivity index (χ3v) is 5.48. The van der Waals surface area contributed by atoms with Crippen molar-refractivity contribution in [3.63, 3.8) is 0 Å². The lowest BCUT2D eigenvalue weighted by Crippen LogP contribution is -2.13. The van der Waals surface area contributed by atoms with Crippen molar-refractivity contribution in [1.29, 1.82) is 0 Å². The van der Waals surface area contributed by atoms with Gasteiger partial charge >= 0.3 is 0 Å². The number of amides is 1. The number of rotatable bonds is 7. The molecule has 0 fully saturated rings. The van der Waals surface area contributed by atoms with Crippen molar-refractivity contribution < 1.29 is 14.1 Å². The summed E-state index contributed by atoms with van der Waals surface area (Å²) < 4.78 is 11.7. The number of carbonyl (C=O) groups excluding carboxylic acids is 1. The van der Waals surface area contributed by atoms with Crippen molar-refractivity contribution in [3.8, 4) is 11.5 Å². The number of aryl methyl sites for hydroxylation is 1. The molecule has 7 nitrogen and oxygen atoms in total. The quantitative estimate of drug-likeness (QED) is 0.472. The standard InChI is InChI=1S/C19H16N4O3S2/c1-12-20-17(23-26-12)10-27-11-18(24)22-19-21-15-8-7-14(9-16(15)28-19)25-13-5-3-2-4-6-13/h2-9H,10-11H2,1H3,(H,21,22,24). The highest BCUT2D eigenvalue weighted by Crippen LogP contribution is 2.31. The molecule has 1 amide bonds. The number of nitrogens with zero attached hydrogens (tertiary/aromatic N) is 3. The summed E-state index contributed by atoms with van der Waals surface area (Å²) >= 11 is 2.83. The number of thioether (sulfide) groups is 1. The number of fused-ring (bicyclic) bond motifs is 1. The van der Waals surface area contributed by atoms with Gasteiger partial charge in [-0.3, -0.25) is 4.79 Å². The number of anilines is 1. The van der Waals surface area contributed by atoms with Gasteiger partial charge in [0.15, 0.2) is 11.0 Å². The fraction of sp³-hybridized carbons (Fsp3) is 0.158. The average molecular weight is 412 g/mol. The Morgan fingerprint density at radius 2 is 2.04 bits per heavy atom. The van der Waals surface area contributed by atoms with E-state index in [1.54, 1.807) is 6.92 Å². The van der Waals surface area contributed by atoms with Gasteiger partial charge in [-0.1, -0.05) is 34.7 Å². The fourth-order valence-electron chi connectivity index (χ4n) is 2.44. The summed E-state index contributed by atoms with van der Waals surface area (Å²) in [6.45, 7) is 1.73. The normalized spacial score (nSPS) is 10.9. The van der Waals surface area contributed by atoms with Gasteiger partial charge in [0.25, 0.3) is 0 Å². The molecule has 0 aliphatic heterocycles. The molecule has 9 heteroatoms. The maximum atomic E-state index is 12.1. The summed E-state index contributed by atoms with van der Waals surface area (Å²) in [6, 6.07) is 15.2. The zero-order valence-corrected chi connectivity index (χ0v) is 16.5. The molecule has 0 spiro atoms. The van der Waals surface area contributed by atoms with Gasteiger partial charge in [-0.2, -0.15) is 4.98 Å². The Morgan fingerprint density at radius 3 is 2.82 bits per heavy atom. The average Bonchev–Trinajstić information content (AvgIpc) is 3.27. The van der Waals surface area contributed by atoms with Crippen LogP contribution < -0.4 is 10.1 Å². The first-order chi connectivity index (χ1) is 13.7. The molecule has 1 N–H and O–H groups in total. The van der Waals surface area contributed by atoms with E-state index in [-0.39, 0.29) is 11.7 Å². The Kier molecular flexibility index (Phi) is 5.54. The summed E-state index contributed by atoms with van der Waals surface area (Å²) in [6.07, 6.45) is 0. The molecule has 0 saturated heterocycles. The first-order valence-electron chi connectivity index (χ1n) is 8.46. The van der Waals surface area contributed by atoms with Gasteiger partial charge in [0.1, 0.15) is 11.5 Å². The van der Waals surface area contributed by atoms with Crippen LogP contribution in [0.15, 0.2) is 53.1 Å². The summed E-state index contributed by atoms with van der Waals surface area (Å²) in [5.74, 6) is 3.28. The van der Waals surface area contributed by atoms with Crippen LogP contribution in [-0.4, -0.2) is 26.8 Å². The molecule has 2 heterocycles. The molecule has 2 aromatic carbocycles. The van der Waals surface area contributed by atoms with Crippen molar-refractivity contribution in [2.75, 3.05) is 11.1 Å². The number of ether oxygens (including phenoxy) is 1. The Balaban J connectivity index is 1.35. The Hall–Kier alpha value is -2.91. The van der Waals surface area contributed by atoms with E-state index in [9.17, 15) is 4.79 Å². The number of nitrogens with one attached hydrogen (secondary N) is 1. The zero-order chi connectivity index (χ0) is 19.3. The maximum absolute atomic E-state index is 12.1. The summed E-state index contributed by atoms with van der Waals surface area (Å²) in [4.78, 5) is 20.7. The van der Waals surface area contributed by atoms with E-state index < -0.39 is 0 Å². The van der Waals surface area contributed by atoms with Crippen molar-refractivity contribution >= 4 is 44.4 Å². The number of aromatic nitrogens is 3. The van der Waals surface area contributed by atoms with E-state index in [1.807, 2.05) is 48.5 Å². The summed E-state index contributed by atoms with van der Waals surface area (Å²) in [5, 5.41) is 7.20. The minimum atomic E-state index is -0.120. The van der Waals surface area contributed by atoms with Gasteiger partial charge in [0, 0.05) is 13.0 Å². The third-order valence-electron chi connectivity index (χ3n) is 3.62. The molecular formula is C19H16N4O3S2. The zero-order valence-electron chi connectivity index (χ0n) is 14.9. The second-order valence-corrected chi connectivity index (χ2v) is 7.85. The van der Waals surface area contributed by atoms with Crippen molar-refractivity contribution in [1.82, 2.24) is 15.1 Å². The van der Waals surface area contributed by atoms with Crippen LogP contribution in [0.5, 0.6) is 11.5 Å². The van der Waals surface area contributed by atoms with E-state index in [0.717, 1.165) is 21.7 Å². The minimum Gasteiger partial charge on any atom is -0.457 e. The molecule has 0 aliphatic rings. The Bertz CT molecular complexity index is 1090. The van der Waals surface area contributed by atoms with Crippen molar-refractivity contribution in [2.45, 2.75) is 12.7 Å². The predicted octanol–water partition coefficient (Wildman–Crippen LogP) is 4.65.